The fraction of sp³-hybridized carbons (Fsp3) is 0.588. The van der Waals surface area contributed by atoms with Crippen molar-refractivity contribution in [3.05, 3.63) is 23.8 Å². The van der Waals surface area contributed by atoms with Gasteiger partial charge < -0.3 is 14.6 Å². The molecule has 1 aromatic carbocycles. The van der Waals surface area contributed by atoms with Crippen molar-refractivity contribution in [1.82, 2.24) is 0 Å². The van der Waals surface area contributed by atoms with Gasteiger partial charge in [0.1, 0.15) is 0 Å². The van der Waals surface area contributed by atoms with Crippen molar-refractivity contribution >= 4 is 5.97 Å². The number of ether oxygens (including phenoxy) is 2. The van der Waals surface area contributed by atoms with E-state index in [1.54, 1.807) is 7.11 Å². The van der Waals surface area contributed by atoms with Crippen LogP contribution in [0.15, 0.2) is 18.2 Å². The van der Waals surface area contributed by atoms with E-state index in [1.807, 2.05) is 18.2 Å². The summed E-state index contributed by atoms with van der Waals surface area (Å²) in [6, 6.07) is 5.58. The van der Waals surface area contributed by atoms with E-state index in [4.69, 9.17) is 9.47 Å². The average Bonchev–Trinajstić information content (AvgIpc) is 2.90. The maximum Gasteiger partial charge on any atom is 0.314 e. The number of carboxylic acid groups (broad SMARTS) is 1. The molecule has 1 aromatic rings. The number of aliphatic carboxylic acids is 1. The van der Waals surface area contributed by atoms with Gasteiger partial charge in [0.25, 0.3) is 0 Å². The summed E-state index contributed by atoms with van der Waals surface area (Å²) >= 11 is 0. The minimum absolute atomic E-state index is 0.233. The fourth-order valence-corrected chi connectivity index (χ4v) is 3.41. The van der Waals surface area contributed by atoms with Crippen molar-refractivity contribution in [1.29, 1.82) is 0 Å². The second-order valence-electron chi connectivity index (χ2n) is 6.13. The monoisotopic (exact) mass is 290 g/mol. The number of methoxy groups -OCH3 is 1. The maximum atomic E-state index is 11.6. The SMILES string of the molecule is COc1ccc(C2(C(=O)O)CCC2)cc1OC1CCCC1. The van der Waals surface area contributed by atoms with Gasteiger partial charge in [0.15, 0.2) is 11.5 Å². The molecule has 3 rings (SSSR count). The highest BCUT2D eigenvalue weighted by molar-refractivity contribution is 5.83. The molecule has 0 saturated heterocycles. The molecule has 0 bridgehead atoms. The van der Waals surface area contributed by atoms with Crippen molar-refractivity contribution < 1.29 is 19.4 Å². The Morgan fingerprint density at radius 1 is 1.19 bits per heavy atom. The lowest BCUT2D eigenvalue weighted by Gasteiger charge is -2.38. The molecule has 21 heavy (non-hydrogen) atoms. The fourth-order valence-electron chi connectivity index (χ4n) is 3.41. The zero-order valence-corrected chi connectivity index (χ0v) is 12.4. The Kier molecular flexibility index (Phi) is 3.79. The van der Waals surface area contributed by atoms with Crippen LogP contribution in [0.25, 0.3) is 0 Å². The number of carbonyl (C=O) groups is 1. The molecule has 0 aromatic heterocycles. The third-order valence-electron chi connectivity index (χ3n) is 4.93. The van der Waals surface area contributed by atoms with Crippen molar-refractivity contribution in [3.8, 4) is 11.5 Å². The van der Waals surface area contributed by atoms with E-state index in [9.17, 15) is 9.90 Å². The molecule has 4 nitrogen and oxygen atoms in total. The van der Waals surface area contributed by atoms with Gasteiger partial charge in [-0.3, -0.25) is 4.79 Å². The Morgan fingerprint density at radius 3 is 2.43 bits per heavy atom. The molecule has 0 heterocycles. The van der Waals surface area contributed by atoms with Gasteiger partial charge in [-0.25, -0.2) is 0 Å². The van der Waals surface area contributed by atoms with Crippen LogP contribution >= 0.6 is 0 Å². The van der Waals surface area contributed by atoms with Gasteiger partial charge in [0.05, 0.1) is 18.6 Å². The average molecular weight is 290 g/mol. The molecule has 2 aliphatic rings. The lowest BCUT2D eigenvalue weighted by Crippen LogP contribution is -2.42. The van der Waals surface area contributed by atoms with Crippen molar-refractivity contribution in [2.24, 2.45) is 0 Å². The van der Waals surface area contributed by atoms with E-state index < -0.39 is 11.4 Å². The summed E-state index contributed by atoms with van der Waals surface area (Å²) in [7, 11) is 1.62. The van der Waals surface area contributed by atoms with E-state index in [2.05, 4.69) is 0 Å². The quantitative estimate of drug-likeness (QED) is 0.901. The largest absolute Gasteiger partial charge is 0.493 e. The summed E-state index contributed by atoms with van der Waals surface area (Å²) in [5.41, 5.74) is 0.120. The van der Waals surface area contributed by atoms with Crippen LogP contribution in [-0.4, -0.2) is 24.3 Å². The molecule has 0 aliphatic heterocycles. The molecule has 114 valence electrons. The molecule has 2 saturated carbocycles. The van der Waals surface area contributed by atoms with Crippen LogP contribution in [0.4, 0.5) is 0 Å². The molecule has 0 radical (unpaired) electrons. The Balaban J connectivity index is 1.90. The van der Waals surface area contributed by atoms with Gasteiger partial charge in [-0.2, -0.15) is 0 Å². The second-order valence-corrected chi connectivity index (χ2v) is 6.13. The van der Waals surface area contributed by atoms with E-state index in [-0.39, 0.29) is 6.10 Å². The predicted octanol–water partition coefficient (Wildman–Crippen LogP) is 3.52. The van der Waals surface area contributed by atoms with Crippen LogP contribution in [0.3, 0.4) is 0 Å². The van der Waals surface area contributed by atoms with Crippen molar-refractivity contribution in [2.75, 3.05) is 7.11 Å². The Hall–Kier alpha value is -1.71. The summed E-state index contributed by atoms with van der Waals surface area (Å²) in [6.07, 6.45) is 7.15. The summed E-state index contributed by atoms with van der Waals surface area (Å²) in [5.74, 6) is 0.644. The molecule has 0 spiro atoms. The van der Waals surface area contributed by atoms with Gasteiger partial charge in [0.2, 0.25) is 0 Å². The molecular formula is C17H22O4. The minimum Gasteiger partial charge on any atom is -0.493 e. The van der Waals surface area contributed by atoms with Gasteiger partial charge in [0, 0.05) is 0 Å². The van der Waals surface area contributed by atoms with Gasteiger partial charge in [-0.1, -0.05) is 12.5 Å². The Morgan fingerprint density at radius 2 is 1.90 bits per heavy atom. The lowest BCUT2D eigenvalue weighted by atomic mass is 9.64. The van der Waals surface area contributed by atoms with Crippen LogP contribution in [0.1, 0.15) is 50.5 Å². The van der Waals surface area contributed by atoms with Crippen LogP contribution < -0.4 is 9.47 Å². The molecule has 0 amide bonds. The number of benzene rings is 1. The third-order valence-corrected chi connectivity index (χ3v) is 4.93. The van der Waals surface area contributed by atoms with Crippen LogP contribution in [0, 0.1) is 0 Å². The van der Waals surface area contributed by atoms with E-state index >= 15 is 0 Å². The van der Waals surface area contributed by atoms with Crippen molar-refractivity contribution in [2.45, 2.75) is 56.5 Å². The topological polar surface area (TPSA) is 55.8 Å². The zero-order chi connectivity index (χ0) is 14.9. The first-order chi connectivity index (χ1) is 10.2. The molecule has 0 unspecified atom stereocenters. The first-order valence-electron chi connectivity index (χ1n) is 7.74. The highest BCUT2D eigenvalue weighted by atomic mass is 16.5. The zero-order valence-electron chi connectivity index (χ0n) is 12.4. The highest BCUT2D eigenvalue weighted by Gasteiger charge is 2.46. The van der Waals surface area contributed by atoms with E-state index in [0.29, 0.717) is 24.3 Å². The van der Waals surface area contributed by atoms with Crippen molar-refractivity contribution in [3.63, 3.8) is 0 Å². The van der Waals surface area contributed by atoms with E-state index in [1.165, 1.54) is 12.8 Å². The van der Waals surface area contributed by atoms with Crippen LogP contribution in [0.2, 0.25) is 0 Å². The summed E-state index contributed by atoms with van der Waals surface area (Å²) in [4.78, 5) is 11.6. The highest BCUT2D eigenvalue weighted by Crippen LogP contribution is 2.46. The third kappa shape index (κ3) is 2.47. The minimum atomic E-state index is -0.731. The second kappa shape index (κ2) is 5.58. The molecule has 2 aliphatic carbocycles. The van der Waals surface area contributed by atoms with Crippen LogP contribution in [-0.2, 0) is 10.2 Å². The summed E-state index contributed by atoms with van der Waals surface area (Å²) < 4.78 is 11.4. The molecular weight excluding hydrogens is 268 g/mol. The smallest absolute Gasteiger partial charge is 0.314 e. The Labute approximate surface area is 125 Å². The number of carboxylic acids is 1. The first kappa shape index (κ1) is 14.2. The van der Waals surface area contributed by atoms with Gasteiger partial charge >= 0.3 is 5.97 Å². The predicted molar refractivity (Wildman–Crippen MR) is 79.0 cm³/mol. The normalized spacial score (nSPS) is 20.8. The number of hydrogen-bond acceptors (Lipinski definition) is 3. The standard InChI is InChI=1S/C17H22O4/c1-20-14-8-7-12(17(16(18)19)9-4-10-17)11-15(14)21-13-5-2-3-6-13/h7-8,11,13H,2-6,9-10H2,1H3,(H,18,19). The van der Waals surface area contributed by atoms with Crippen LogP contribution in [0.5, 0.6) is 11.5 Å². The molecule has 4 heteroatoms. The van der Waals surface area contributed by atoms with E-state index in [0.717, 1.165) is 24.8 Å². The van der Waals surface area contributed by atoms with Gasteiger partial charge in [-0.05, 0) is 56.2 Å². The lowest BCUT2D eigenvalue weighted by molar-refractivity contribution is -0.147. The summed E-state index contributed by atoms with van der Waals surface area (Å²) in [6.45, 7) is 0. The molecule has 2 fully saturated rings. The van der Waals surface area contributed by atoms with Gasteiger partial charge in [-0.15, -0.1) is 0 Å². The number of hydrogen-bond donors (Lipinski definition) is 1. The first-order valence-corrected chi connectivity index (χ1v) is 7.74. The molecule has 1 N–H and O–H groups in total. The molecule has 0 atom stereocenters. The summed E-state index contributed by atoms with van der Waals surface area (Å²) in [5, 5.41) is 9.57. The number of rotatable bonds is 5. The maximum absolute atomic E-state index is 11.6. The Bertz CT molecular complexity index is 528.